The zero-order chi connectivity index (χ0) is 21.5. The summed E-state index contributed by atoms with van der Waals surface area (Å²) in [5, 5.41) is 6.44. The van der Waals surface area contributed by atoms with E-state index in [1.54, 1.807) is 0 Å². The number of carbonyl (C=O) groups is 1. The van der Waals surface area contributed by atoms with Gasteiger partial charge in [0.15, 0.2) is 0 Å². The Morgan fingerprint density at radius 3 is 2.48 bits per heavy atom. The first-order valence-electron chi connectivity index (χ1n) is 11.1. The Kier molecular flexibility index (Phi) is 7.14. The number of hydrogen-bond donors (Lipinski definition) is 1. The number of rotatable bonds is 7. The van der Waals surface area contributed by atoms with E-state index in [1.165, 1.54) is 0 Å². The van der Waals surface area contributed by atoms with E-state index in [0.717, 1.165) is 49.5 Å². The first-order valence-corrected chi connectivity index (χ1v) is 11.1. The van der Waals surface area contributed by atoms with Gasteiger partial charge in [-0.2, -0.15) is 4.91 Å². The Bertz CT molecular complexity index is 853. The number of hydrogen-bond acceptors (Lipinski definition) is 6. The number of nitroso groups, excluding NO2 is 1. The van der Waals surface area contributed by atoms with Gasteiger partial charge in [-0.25, -0.2) is 0 Å². The van der Waals surface area contributed by atoms with Crippen molar-refractivity contribution in [2.45, 2.75) is 31.4 Å². The average Bonchev–Trinajstić information content (AvgIpc) is 2.82. The predicted octanol–water partition coefficient (Wildman–Crippen LogP) is 2.84. The molecule has 1 amide bonds. The van der Waals surface area contributed by atoms with E-state index in [9.17, 15) is 9.70 Å². The summed E-state index contributed by atoms with van der Waals surface area (Å²) < 4.78 is 6.05. The number of para-hydroxylation sites is 1. The number of carbonyl (C=O) groups excluding carboxylic acids is 1. The molecule has 2 aliphatic rings. The van der Waals surface area contributed by atoms with Crippen LogP contribution in [0, 0.1) is 4.91 Å². The summed E-state index contributed by atoms with van der Waals surface area (Å²) in [6, 6.07) is 17.7. The third-order valence-corrected chi connectivity index (χ3v) is 6.08. The Hall–Kier alpha value is -2.93. The molecule has 2 fully saturated rings. The summed E-state index contributed by atoms with van der Waals surface area (Å²) in [6.45, 7) is 4.04. The number of piperazine rings is 1. The lowest BCUT2D eigenvalue weighted by Crippen LogP contribution is -2.56. The molecule has 2 aromatic rings. The summed E-state index contributed by atoms with van der Waals surface area (Å²) in [4.78, 5) is 28.1. The number of anilines is 1. The molecule has 2 aromatic carbocycles. The fourth-order valence-corrected chi connectivity index (χ4v) is 4.37. The van der Waals surface area contributed by atoms with Gasteiger partial charge in [0.2, 0.25) is 5.91 Å². The molecule has 7 nitrogen and oxygen atoms in total. The monoisotopic (exact) mass is 422 g/mol. The highest BCUT2D eigenvalue weighted by Crippen LogP contribution is 2.21. The Labute approximate surface area is 183 Å². The van der Waals surface area contributed by atoms with Gasteiger partial charge in [-0.15, -0.1) is 0 Å². The first kappa shape index (κ1) is 21.3. The van der Waals surface area contributed by atoms with E-state index in [2.05, 4.69) is 27.5 Å². The van der Waals surface area contributed by atoms with Gasteiger partial charge in [0.25, 0.3) is 0 Å². The quantitative estimate of drug-likeness (QED) is 0.695. The van der Waals surface area contributed by atoms with E-state index in [1.807, 2.05) is 47.4 Å². The number of nitrogens with zero attached hydrogens (tertiary/aromatic N) is 3. The maximum atomic E-state index is 13.0. The highest BCUT2D eigenvalue weighted by atomic mass is 16.5. The van der Waals surface area contributed by atoms with E-state index >= 15 is 0 Å². The van der Waals surface area contributed by atoms with E-state index in [-0.39, 0.29) is 24.6 Å². The molecule has 1 N–H and O–H groups in total. The van der Waals surface area contributed by atoms with Gasteiger partial charge in [-0.05, 0) is 55.8 Å². The molecule has 164 valence electrons. The van der Waals surface area contributed by atoms with Gasteiger partial charge in [0, 0.05) is 25.3 Å². The molecule has 2 heterocycles. The fourth-order valence-electron chi connectivity index (χ4n) is 4.37. The zero-order valence-corrected chi connectivity index (χ0v) is 17.8. The summed E-state index contributed by atoms with van der Waals surface area (Å²) >= 11 is 0. The minimum atomic E-state index is -0.207. The molecule has 2 aliphatic heterocycles. The van der Waals surface area contributed by atoms with E-state index in [4.69, 9.17) is 4.74 Å². The van der Waals surface area contributed by atoms with Gasteiger partial charge in [-0.3, -0.25) is 4.79 Å². The zero-order valence-electron chi connectivity index (χ0n) is 17.8. The maximum absolute atomic E-state index is 13.0. The fraction of sp³-hybridized carbons (Fsp3) is 0.458. The predicted molar refractivity (Wildman–Crippen MR) is 121 cm³/mol. The highest BCUT2D eigenvalue weighted by molar-refractivity contribution is 5.79. The molecule has 31 heavy (non-hydrogen) atoms. The second-order valence-electron chi connectivity index (χ2n) is 8.22. The van der Waals surface area contributed by atoms with Crippen molar-refractivity contribution in [1.82, 2.24) is 10.2 Å². The van der Waals surface area contributed by atoms with E-state index in [0.29, 0.717) is 19.5 Å². The van der Waals surface area contributed by atoms with Crippen LogP contribution >= 0.6 is 0 Å². The summed E-state index contributed by atoms with van der Waals surface area (Å²) in [5.41, 5.74) is 2.06. The molecule has 1 atom stereocenters. The average molecular weight is 423 g/mol. The van der Waals surface area contributed by atoms with Crippen LogP contribution in [0.25, 0.3) is 0 Å². The minimum Gasteiger partial charge on any atom is -0.490 e. The van der Waals surface area contributed by atoms with Crippen LogP contribution in [-0.4, -0.2) is 62.2 Å². The summed E-state index contributed by atoms with van der Waals surface area (Å²) in [7, 11) is 0. The number of amides is 1. The first-order chi connectivity index (χ1) is 15.2. The van der Waals surface area contributed by atoms with Crippen molar-refractivity contribution in [2.24, 2.45) is 5.18 Å². The normalized spacial score (nSPS) is 19.8. The summed E-state index contributed by atoms with van der Waals surface area (Å²) in [6.07, 6.45) is 2.60. The molecular formula is C24H30N4O3. The molecule has 7 heteroatoms. The Morgan fingerprint density at radius 1 is 1.03 bits per heavy atom. The highest BCUT2D eigenvalue weighted by Gasteiger charge is 2.30. The van der Waals surface area contributed by atoms with Crippen molar-refractivity contribution in [3.8, 4) is 5.75 Å². The molecule has 0 radical (unpaired) electrons. The standard InChI is InChI=1S/C24H30N4O3/c29-24(16-19-6-8-22(9-7-19)31-23-10-12-25-13-11-23)28-15-14-27(18-21(28)17-26-30)20-4-2-1-3-5-20/h1-9,21,23,25H,10-18H2. The van der Waals surface area contributed by atoms with Crippen molar-refractivity contribution in [2.75, 3.05) is 44.2 Å². The Balaban J connectivity index is 1.35. The molecule has 0 bridgehead atoms. The van der Waals surface area contributed by atoms with Crippen LogP contribution in [0.1, 0.15) is 18.4 Å². The number of ether oxygens (including phenoxy) is 1. The van der Waals surface area contributed by atoms with Gasteiger partial charge < -0.3 is 19.9 Å². The van der Waals surface area contributed by atoms with Crippen molar-refractivity contribution in [3.05, 3.63) is 65.1 Å². The second-order valence-corrected chi connectivity index (χ2v) is 8.22. The second kappa shape index (κ2) is 10.4. The molecule has 0 spiro atoms. The SMILES string of the molecule is O=NCC1CN(c2ccccc2)CCN1C(=O)Cc1ccc(OC2CCNCC2)cc1. The molecule has 0 saturated carbocycles. The van der Waals surface area contributed by atoms with Gasteiger partial charge >= 0.3 is 0 Å². The van der Waals surface area contributed by atoms with Gasteiger partial charge in [-0.1, -0.05) is 35.5 Å². The van der Waals surface area contributed by atoms with Crippen LogP contribution in [0.5, 0.6) is 5.75 Å². The molecule has 0 aromatic heterocycles. The van der Waals surface area contributed by atoms with Crippen molar-refractivity contribution in [1.29, 1.82) is 0 Å². The lowest BCUT2D eigenvalue weighted by molar-refractivity contribution is -0.133. The van der Waals surface area contributed by atoms with Crippen molar-refractivity contribution >= 4 is 11.6 Å². The molecule has 4 rings (SSSR count). The number of benzene rings is 2. The number of nitrogens with one attached hydrogen (secondary N) is 1. The topological polar surface area (TPSA) is 74.2 Å². The molecule has 0 aliphatic carbocycles. The van der Waals surface area contributed by atoms with Crippen LogP contribution < -0.4 is 15.0 Å². The lowest BCUT2D eigenvalue weighted by Gasteiger charge is -2.41. The molecule has 2 saturated heterocycles. The lowest BCUT2D eigenvalue weighted by atomic mass is 10.1. The minimum absolute atomic E-state index is 0.0355. The third-order valence-electron chi connectivity index (χ3n) is 6.08. The Morgan fingerprint density at radius 2 is 1.77 bits per heavy atom. The smallest absolute Gasteiger partial charge is 0.227 e. The van der Waals surface area contributed by atoms with E-state index < -0.39 is 0 Å². The number of piperidine rings is 1. The largest absolute Gasteiger partial charge is 0.490 e. The molecular weight excluding hydrogens is 392 g/mol. The third kappa shape index (κ3) is 5.61. The maximum Gasteiger partial charge on any atom is 0.227 e. The van der Waals surface area contributed by atoms with Crippen LogP contribution in [0.15, 0.2) is 59.8 Å². The van der Waals surface area contributed by atoms with Crippen molar-refractivity contribution in [3.63, 3.8) is 0 Å². The van der Waals surface area contributed by atoms with Crippen molar-refractivity contribution < 1.29 is 9.53 Å². The summed E-state index contributed by atoms with van der Waals surface area (Å²) in [5.74, 6) is 0.885. The van der Waals surface area contributed by atoms with Gasteiger partial charge in [0.1, 0.15) is 18.4 Å². The van der Waals surface area contributed by atoms with Crippen LogP contribution in [0.3, 0.4) is 0 Å². The van der Waals surface area contributed by atoms with Crippen LogP contribution in [-0.2, 0) is 11.2 Å². The van der Waals surface area contributed by atoms with Crippen LogP contribution in [0.4, 0.5) is 5.69 Å². The van der Waals surface area contributed by atoms with Gasteiger partial charge in [0.05, 0.1) is 12.5 Å². The molecule has 1 unspecified atom stereocenters. The van der Waals surface area contributed by atoms with Crippen LogP contribution in [0.2, 0.25) is 0 Å².